The standard InChI is InChI=1S/C7H15NOS2/c1-2-8-7(9)4-3-6(11)5-10/h6,10-11H,2-5H2,1H3,(H,8,9). The predicted molar refractivity (Wildman–Crippen MR) is 54.5 cm³/mol. The molecule has 1 atom stereocenters. The van der Waals surface area contributed by atoms with Crippen LogP contribution < -0.4 is 5.32 Å². The van der Waals surface area contributed by atoms with E-state index in [1.807, 2.05) is 6.92 Å². The molecule has 2 nitrogen and oxygen atoms in total. The number of hydrogen-bond acceptors (Lipinski definition) is 3. The minimum Gasteiger partial charge on any atom is -0.356 e. The summed E-state index contributed by atoms with van der Waals surface area (Å²) in [5.41, 5.74) is 0. The van der Waals surface area contributed by atoms with Crippen molar-refractivity contribution >= 4 is 31.2 Å². The molecule has 0 rings (SSSR count). The maximum absolute atomic E-state index is 10.9. The molecule has 0 radical (unpaired) electrons. The van der Waals surface area contributed by atoms with Crippen molar-refractivity contribution in [3.8, 4) is 0 Å². The molecule has 0 saturated heterocycles. The quantitative estimate of drug-likeness (QED) is 0.561. The maximum atomic E-state index is 10.9. The summed E-state index contributed by atoms with van der Waals surface area (Å²) in [6, 6.07) is 0. The summed E-state index contributed by atoms with van der Waals surface area (Å²) in [6.07, 6.45) is 1.36. The Bertz CT molecular complexity index is 119. The van der Waals surface area contributed by atoms with Crippen LogP contribution in [-0.4, -0.2) is 23.5 Å². The van der Waals surface area contributed by atoms with Crippen molar-refractivity contribution in [1.29, 1.82) is 0 Å². The Morgan fingerprint density at radius 2 is 2.27 bits per heavy atom. The smallest absolute Gasteiger partial charge is 0.220 e. The molecular weight excluding hydrogens is 178 g/mol. The SMILES string of the molecule is CCNC(=O)CCC(S)CS. The summed E-state index contributed by atoms with van der Waals surface area (Å²) in [4.78, 5) is 10.9. The molecule has 0 aliphatic heterocycles. The number of carbonyl (C=O) groups is 1. The molecule has 0 aliphatic rings. The monoisotopic (exact) mass is 193 g/mol. The highest BCUT2D eigenvalue weighted by atomic mass is 32.1. The molecule has 0 bridgehead atoms. The van der Waals surface area contributed by atoms with E-state index < -0.39 is 0 Å². The topological polar surface area (TPSA) is 29.1 Å². The fourth-order valence-electron chi connectivity index (χ4n) is 0.675. The van der Waals surface area contributed by atoms with Crippen LogP contribution in [0.3, 0.4) is 0 Å². The normalized spacial score (nSPS) is 12.6. The minimum absolute atomic E-state index is 0.105. The summed E-state index contributed by atoms with van der Waals surface area (Å²) in [5, 5.41) is 2.96. The fourth-order valence-corrected chi connectivity index (χ4v) is 0.986. The largest absolute Gasteiger partial charge is 0.356 e. The van der Waals surface area contributed by atoms with E-state index in [-0.39, 0.29) is 11.2 Å². The minimum atomic E-state index is 0.105. The summed E-state index contributed by atoms with van der Waals surface area (Å²) < 4.78 is 0. The Morgan fingerprint density at radius 1 is 1.64 bits per heavy atom. The molecule has 1 N–H and O–H groups in total. The van der Waals surface area contributed by atoms with Crippen molar-refractivity contribution in [2.75, 3.05) is 12.3 Å². The highest BCUT2D eigenvalue weighted by Gasteiger charge is 2.03. The molecule has 0 aliphatic carbocycles. The van der Waals surface area contributed by atoms with E-state index in [4.69, 9.17) is 0 Å². The predicted octanol–water partition coefficient (Wildman–Crippen LogP) is 1.13. The Morgan fingerprint density at radius 3 is 2.73 bits per heavy atom. The first-order valence-corrected chi connectivity index (χ1v) is 4.91. The van der Waals surface area contributed by atoms with E-state index >= 15 is 0 Å². The van der Waals surface area contributed by atoms with Crippen molar-refractivity contribution in [3.05, 3.63) is 0 Å². The van der Waals surface area contributed by atoms with Gasteiger partial charge >= 0.3 is 0 Å². The van der Waals surface area contributed by atoms with Crippen molar-refractivity contribution in [1.82, 2.24) is 5.32 Å². The van der Waals surface area contributed by atoms with Crippen LogP contribution in [0.15, 0.2) is 0 Å². The van der Waals surface area contributed by atoms with Crippen molar-refractivity contribution in [3.63, 3.8) is 0 Å². The highest BCUT2D eigenvalue weighted by molar-refractivity contribution is 7.84. The van der Waals surface area contributed by atoms with Crippen LogP contribution in [0.5, 0.6) is 0 Å². The van der Waals surface area contributed by atoms with Gasteiger partial charge in [-0.3, -0.25) is 4.79 Å². The molecule has 1 unspecified atom stereocenters. The first-order chi connectivity index (χ1) is 5.20. The van der Waals surface area contributed by atoms with Crippen molar-refractivity contribution in [2.45, 2.75) is 25.0 Å². The van der Waals surface area contributed by atoms with Gasteiger partial charge < -0.3 is 5.32 Å². The summed E-state index contributed by atoms with van der Waals surface area (Å²) in [6.45, 7) is 2.62. The van der Waals surface area contributed by atoms with Gasteiger partial charge in [0.15, 0.2) is 0 Å². The molecule has 0 aromatic heterocycles. The summed E-state index contributed by atoms with van der Waals surface area (Å²) >= 11 is 8.28. The summed E-state index contributed by atoms with van der Waals surface area (Å²) in [5.74, 6) is 0.830. The van der Waals surface area contributed by atoms with Gasteiger partial charge in [-0.1, -0.05) is 0 Å². The van der Waals surface area contributed by atoms with Crippen molar-refractivity contribution in [2.24, 2.45) is 0 Å². The van der Waals surface area contributed by atoms with E-state index in [0.29, 0.717) is 13.0 Å². The molecule has 0 saturated carbocycles. The molecule has 0 aromatic carbocycles. The van der Waals surface area contributed by atoms with Gasteiger partial charge in [-0.25, -0.2) is 0 Å². The zero-order valence-electron chi connectivity index (χ0n) is 6.71. The number of carbonyl (C=O) groups excluding carboxylic acids is 1. The van der Waals surface area contributed by atoms with Crippen LogP contribution in [0.4, 0.5) is 0 Å². The molecular formula is C7H15NOS2. The van der Waals surface area contributed by atoms with Gasteiger partial charge in [-0.2, -0.15) is 25.3 Å². The zero-order chi connectivity index (χ0) is 8.69. The lowest BCUT2D eigenvalue weighted by molar-refractivity contribution is -0.121. The van der Waals surface area contributed by atoms with Gasteiger partial charge in [0.05, 0.1) is 0 Å². The van der Waals surface area contributed by atoms with E-state index in [2.05, 4.69) is 30.6 Å². The molecule has 0 aromatic rings. The lowest BCUT2D eigenvalue weighted by Crippen LogP contribution is -2.23. The van der Waals surface area contributed by atoms with Gasteiger partial charge in [0.1, 0.15) is 0 Å². The lowest BCUT2D eigenvalue weighted by atomic mass is 10.2. The maximum Gasteiger partial charge on any atom is 0.220 e. The second-order valence-electron chi connectivity index (χ2n) is 2.33. The first kappa shape index (κ1) is 11.2. The van der Waals surface area contributed by atoms with Crippen LogP contribution in [0.1, 0.15) is 19.8 Å². The first-order valence-electron chi connectivity index (χ1n) is 3.76. The van der Waals surface area contributed by atoms with Gasteiger partial charge in [0.2, 0.25) is 5.91 Å². The molecule has 0 spiro atoms. The van der Waals surface area contributed by atoms with Gasteiger partial charge in [-0.05, 0) is 13.3 Å². The Hall–Kier alpha value is 0.170. The Labute approximate surface area is 79.0 Å². The molecule has 0 heterocycles. The van der Waals surface area contributed by atoms with Crippen LogP contribution in [0, 0.1) is 0 Å². The van der Waals surface area contributed by atoms with Crippen LogP contribution in [0.2, 0.25) is 0 Å². The van der Waals surface area contributed by atoms with E-state index in [1.54, 1.807) is 0 Å². The van der Waals surface area contributed by atoms with E-state index in [1.165, 1.54) is 0 Å². The number of thiol groups is 2. The third-order valence-electron chi connectivity index (χ3n) is 1.29. The Kier molecular flexibility index (Phi) is 6.96. The van der Waals surface area contributed by atoms with E-state index in [0.717, 1.165) is 12.2 Å². The second kappa shape index (κ2) is 6.85. The average molecular weight is 193 g/mol. The van der Waals surface area contributed by atoms with Gasteiger partial charge in [0.25, 0.3) is 0 Å². The molecule has 4 heteroatoms. The zero-order valence-corrected chi connectivity index (χ0v) is 8.50. The average Bonchev–Trinajstić information content (AvgIpc) is 2.01. The van der Waals surface area contributed by atoms with Crippen LogP contribution in [-0.2, 0) is 4.79 Å². The van der Waals surface area contributed by atoms with E-state index in [9.17, 15) is 4.79 Å². The number of rotatable bonds is 5. The Balaban J connectivity index is 3.30. The highest BCUT2D eigenvalue weighted by Crippen LogP contribution is 2.05. The molecule has 11 heavy (non-hydrogen) atoms. The molecule has 1 amide bonds. The lowest BCUT2D eigenvalue weighted by Gasteiger charge is -2.05. The number of amides is 1. The second-order valence-corrected chi connectivity index (χ2v) is 3.42. The van der Waals surface area contributed by atoms with Gasteiger partial charge in [0, 0.05) is 24.0 Å². The summed E-state index contributed by atoms with van der Waals surface area (Å²) in [7, 11) is 0. The molecule has 66 valence electrons. The van der Waals surface area contributed by atoms with Crippen molar-refractivity contribution < 1.29 is 4.79 Å². The molecule has 0 fully saturated rings. The number of nitrogens with one attached hydrogen (secondary N) is 1. The third-order valence-corrected chi connectivity index (χ3v) is 2.46. The number of hydrogen-bond donors (Lipinski definition) is 3. The van der Waals surface area contributed by atoms with Gasteiger partial charge in [-0.15, -0.1) is 0 Å². The van der Waals surface area contributed by atoms with Crippen LogP contribution in [0.25, 0.3) is 0 Å². The third kappa shape index (κ3) is 6.56. The van der Waals surface area contributed by atoms with Crippen LogP contribution >= 0.6 is 25.3 Å². The fraction of sp³-hybridized carbons (Fsp3) is 0.857.